The highest BCUT2D eigenvalue weighted by Gasteiger charge is 2.20. The number of nitrogens with zero attached hydrogens (tertiary/aromatic N) is 5. The van der Waals surface area contributed by atoms with Crippen molar-refractivity contribution in [3.8, 4) is 0 Å². The molecule has 12 heteroatoms. The van der Waals surface area contributed by atoms with Gasteiger partial charge in [-0.3, -0.25) is 4.79 Å². The highest BCUT2D eigenvalue weighted by molar-refractivity contribution is 9.10. The quantitative estimate of drug-likeness (QED) is 0.429. The Morgan fingerprint density at radius 2 is 1.77 bits per heavy atom. The lowest BCUT2D eigenvalue weighted by Crippen LogP contribution is -2.16. The average Bonchev–Trinajstić information content (AvgIpc) is 3.04. The van der Waals surface area contributed by atoms with Gasteiger partial charge in [0.25, 0.3) is 15.9 Å². The zero-order valence-electron chi connectivity index (χ0n) is 16.4. The fourth-order valence-corrected chi connectivity index (χ4v) is 4.35. The van der Waals surface area contributed by atoms with E-state index in [0.29, 0.717) is 27.2 Å². The lowest BCUT2D eigenvalue weighted by atomic mass is 10.3. The summed E-state index contributed by atoms with van der Waals surface area (Å²) in [5.41, 5.74) is 2.37. The van der Waals surface area contributed by atoms with Crippen LogP contribution in [0.1, 0.15) is 21.9 Å². The molecule has 3 aromatic heterocycles. The van der Waals surface area contributed by atoms with Crippen molar-refractivity contribution in [2.75, 3.05) is 10.0 Å². The highest BCUT2D eigenvalue weighted by atomic mass is 79.9. The fraction of sp³-hybridized carbons (Fsp3) is 0.105. The summed E-state index contributed by atoms with van der Waals surface area (Å²) in [4.78, 5) is 24.9. The monoisotopic (exact) mass is 501 g/mol. The first-order valence-electron chi connectivity index (χ1n) is 8.98. The number of amides is 1. The number of aromatic nitrogens is 5. The summed E-state index contributed by atoms with van der Waals surface area (Å²) in [6.07, 6.45) is 3.27. The molecule has 158 valence electrons. The van der Waals surface area contributed by atoms with Gasteiger partial charge in [0.05, 0.1) is 9.37 Å². The second-order valence-electron chi connectivity index (χ2n) is 6.61. The Labute approximate surface area is 185 Å². The smallest absolute Gasteiger partial charge is 0.277 e. The fourth-order valence-electron chi connectivity index (χ4n) is 2.86. The summed E-state index contributed by atoms with van der Waals surface area (Å²) in [6.45, 7) is 3.50. The molecule has 0 aliphatic rings. The minimum atomic E-state index is -3.89. The van der Waals surface area contributed by atoms with Crippen molar-refractivity contribution in [2.45, 2.75) is 18.7 Å². The maximum Gasteiger partial charge on any atom is 0.277 e. The number of carbonyl (C=O) groups excluding carboxylic acids is 1. The van der Waals surface area contributed by atoms with Crippen LogP contribution in [0.5, 0.6) is 0 Å². The first kappa shape index (κ1) is 20.9. The number of carbonyl (C=O) groups is 1. The molecule has 0 bridgehead atoms. The van der Waals surface area contributed by atoms with Gasteiger partial charge < -0.3 is 5.32 Å². The molecule has 0 saturated carbocycles. The van der Waals surface area contributed by atoms with Gasteiger partial charge in [0.15, 0.2) is 11.3 Å². The Hall–Kier alpha value is -3.38. The van der Waals surface area contributed by atoms with Crippen LogP contribution in [-0.4, -0.2) is 38.9 Å². The molecule has 0 atom stereocenters. The van der Waals surface area contributed by atoms with E-state index in [4.69, 9.17) is 0 Å². The number of hydrogen-bond acceptors (Lipinski definition) is 7. The van der Waals surface area contributed by atoms with Crippen molar-refractivity contribution >= 4 is 49.1 Å². The Balaban J connectivity index is 1.52. The van der Waals surface area contributed by atoms with Crippen molar-refractivity contribution < 1.29 is 13.2 Å². The Morgan fingerprint density at radius 1 is 1.10 bits per heavy atom. The molecule has 0 unspecified atom stereocenters. The summed E-state index contributed by atoms with van der Waals surface area (Å²) >= 11 is 3.34. The molecule has 4 aromatic rings. The number of nitrogens with one attached hydrogen (secondary N) is 2. The van der Waals surface area contributed by atoms with E-state index >= 15 is 0 Å². The van der Waals surface area contributed by atoms with E-state index in [1.54, 1.807) is 38.4 Å². The van der Waals surface area contributed by atoms with Crippen LogP contribution in [0, 0.1) is 13.8 Å². The van der Waals surface area contributed by atoms with Gasteiger partial charge in [-0.05, 0) is 66.2 Å². The molecule has 1 aromatic carbocycles. The van der Waals surface area contributed by atoms with Crippen LogP contribution in [0.4, 0.5) is 11.6 Å². The molecule has 2 N–H and O–H groups in total. The molecule has 3 heterocycles. The Morgan fingerprint density at radius 3 is 2.42 bits per heavy atom. The normalized spacial score (nSPS) is 11.5. The topological polar surface area (TPSA) is 131 Å². The third-order valence-electron chi connectivity index (χ3n) is 4.18. The molecule has 0 aliphatic heterocycles. The van der Waals surface area contributed by atoms with Gasteiger partial charge in [0.1, 0.15) is 0 Å². The molecular formula is C19H16BrN7O3S. The van der Waals surface area contributed by atoms with Crippen LogP contribution < -0.4 is 10.0 Å². The number of anilines is 2. The largest absolute Gasteiger partial charge is 0.321 e. The van der Waals surface area contributed by atoms with Crippen molar-refractivity contribution in [2.24, 2.45) is 0 Å². The van der Waals surface area contributed by atoms with Gasteiger partial charge in [-0.15, -0.1) is 0 Å². The van der Waals surface area contributed by atoms with Gasteiger partial charge in [0.2, 0.25) is 5.95 Å². The number of benzene rings is 1. The average molecular weight is 502 g/mol. The van der Waals surface area contributed by atoms with Crippen LogP contribution in [0.15, 0.2) is 58.2 Å². The molecule has 0 radical (unpaired) electrons. The maximum absolute atomic E-state index is 12.6. The van der Waals surface area contributed by atoms with E-state index in [1.165, 1.54) is 28.8 Å². The Bertz CT molecular complexity index is 1380. The van der Waals surface area contributed by atoms with Crippen molar-refractivity contribution in [3.63, 3.8) is 0 Å². The lowest BCUT2D eigenvalue weighted by molar-refractivity contribution is 0.102. The molecule has 0 aliphatic carbocycles. The standard InChI is InChI=1S/C19H16BrN7O3S/c1-11-10-12(2)23-19(22-11)26-31(29,30)14-6-4-13(5-7-14)24-18(28)16-15(20)17-21-8-3-9-27(17)25-16/h3-10H,1-2H3,(H,24,28)(H,22,23,26). The number of rotatable bonds is 5. The molecule has 0 spiro atoms. The number of halogens is 1. The van der Waals surface area contributed by atoms with Gasteiger partial charge in [-0.25, -0.2) is 32.6 Å². The maximum atomic E-state index is 12.6. The molecular weight excluding hydrogens is 486 g/mol. The summed E-state index contributed by atoms with van der Waals surface area (Å²) in [5, 5.41) is 6.89. The predicted octanol–water partition coefficient (Wildman–Crippen LogP) is 2.95. The summed E-state index contributed by atoms with van der Waals surface area (Å²) in [5.74, 6) is -0.463. The van der Waals surface area contributed by atoms with Crippen LogP contribution >= 0.6 is 15.9 Å². The van der Waals surface area contributed by atoms with Gasteiger partial charge in [-0.1, -0.05) is 0 Å². The van der Waals surface area contributed by atoms with Crippen molar-refractivity contribution in [1.29, 1.82) is 0 Å². The molecule has 4 rings (SSSR count). The predicted molar refractivity (Wildman–Crippen MR) is 117 cm³/mol. The van der Waals surface area contributed by atoms with Crippen LogP contribution in [0.25, 0.3) is 5.65 Å². The minimum Gasteiger partial charge on any atom is -0.321 e. The van der Waals surface area contributed by atoms with Crippen LogP contribution in [0.2, 0.25) is 0 Å². The van der Waals surface area contributed by atoms with E-state index < -0.39 is 15.9 Å². The number of sulfonamides is 1. The van der Waals surface area contributed by atoms with Crippen LogP contribution in [-0.2, 0) is 10.0 Å². The first-order valence-corrected chi connectivity index (χ1v) is 11.3. The number of hydrogen-bond donors (Lipinski definition) is 2. The second kappa shape index (κ2) is 8.04. The second-order valence-corrected chi connectivity index (χ2v) is 9.08. The number of aryl methyl sites for hydroxylation is 2. The van der Waals surface area contributed by atoms with Crippen molar-refractivity contribution in [3.05, 3.63) is 70.3 Å². The van der Waals surface area contributed by atoms with E-state index in [-0.39, 0.29) is 16.5 Å². The van der Waals surface area contributed by atoms with Gasteiger partial charge in [-0.2, -0.15) is 5.10 Å². The van der Waals surface area contributed by atoms with E-state index in [1.807, 2.05) is 0 Å². The Kier molecular flexibility index (Phi) is 5.41. The molecule has 1 amide bonds. The zero-order valence-corrected chi connectivity index (χ0v) is 18.8. The highest BCUT2D eigenvalue weighted by Crippen LogP contribution is 2.22. The third-order valence-corrected chi connectivity index (χ3v) is 6.26. The van der Waals surface area contributed by atoms with E-state index in [0.717, 1.165) is 0 Å². The molecule has 10 nitrogen and oxygen atoms in total. The SMILES string of the molecule is Cc1cc(C)nc(NS(=O)(=O)c2ccc(NC(=O)c3nn4cccnc4c3Br)cc2)n1. The van der Waals surface area contributed by atoms with Crippen molar-refractivity contribution in [1.82, 2.24) is 24.6 Å². The van der Waals surface area contributed by atoms with E-state index in [2.05, 4.69) is 46.0 Å². The molecule has 31 heavy (non-hydrogen) atoms. The lowest BCUT2D eigenvalue weighted by Gasteiger charge is -2.09. The first-order chi connectivity index (χ1) is 14.7. The van der Waals surface area contributed by atoms with Gasteiger partial charge >= 0.3 is 0 Å². The molecule has 0 saturated heterocycles. The number of fused-ring (bicyclic) bond motifs is 1. The summed E-state index contributed by atoms with van der Waals surface area (Å²) in [6, 6.07) is 9.16. The van der Waals surface area contributed by atoms with E-state index in [9.17, 15) is 13.2 Å². The minimum absolute atomic E-state index is 0.000173. The van der Waals surface area contributed by atoms with Gasteiger partial charge in [0, 0.05) is 29.5 Å². The van der Waals surface area contributed by atoms with Crippen LogP contribution in [0.3, 0.4) is 0 Å². The summed E-state index contributed by atoms with van der Waals surface area (Å²) in [7, 11) is -3.89. The third kappa shape index (κ3) is 4.39. The molecule has 0 fully saturated rings. The zero-order chi connectivity index (χ0) is 22.2. The summed E-state index contributed by atoms with van der Waals surface area (Å²) < 4.78 is 29.5.